The number of H-pyrrole nitrogens is 1. The molecule has 8 nitrogen and oxygen atoms in total. The van der Waals surface area contributed by atoms with Gasteiger partial charge in [0.2, 0.25) is 0 Å². The largest absolute Gasteiger partial charge is 0.490 e. The van der Waals surface area contributed by atoms with Gasteiger partial charge in [0.15, 0.2) is 11.5 Å². The standard InChI is InChI=1S/C13H12F2N4O2.C2HF3O2/c1-7-4-11(20)19-10(18-7)2-3-16-13(21)12-9(15)5-8(14)6-17-12;3-2(4,5)1(6)7/h4-6H,2-3H2,1H3,(H,16,21)(H,18,19,20);(H,6,7). The number of hydrogen-bond donors (Lipinski definition) is 3. The molecule has 1 amide bonds. The molecule has 2 rings (SSSR count). The maximum atomic E-state index is 13.3. The zero-order valence-corrected chi connectivity index (χ0v) is 14.1. The summed E-state index contributed by atoms with van der Waals surface area (Å²) in [5, 5.41) is 9.55. The zero-order chi connectivity index (χ0) is 21.5. The summed E-state index contributed by atoms with van der Waals surface area (Å²) in [6.07, 6.45) is -4.05. The Balaban J connectivity index is 0.000000480. The van der Waals surface area contributed by atoms with Crippen LogP contribution in [0.25, 0.3) is 0 Å². The maximum absolute atomic E-state index is 13.3. The van der Waals surface area contributed by atoms with Gasteiger partial charge in [0.1, 0.15) is 11.6 Å². The van der Waals surface area contributed by atoms with E-state index in [4.69, 9.17) is 9.90 Å². The number of aliphatic carboxylic acids is 1. The van der Waals surface area contributed by atoms with Crippen molar-refractivity contribution in [3.63, 3.8) is 0 Å². The monoisotopic (exact) mass is 408 g/mol. The highest BCUT2D eigenvalue weighted by atomic mass is 19.4. The first-order valence-corrected chi connectivity index (χ1v) is 7.36. The number of carboxylic acid groups (broad SMARTS) is 1. The van der Waals surface area contributed by atoms with Gasteiger partial charge in [-0.05, 0) is 6.92 Å². The molecule has 0 spiro atoms. The van der Waals surface area contributed by atoms with E-state index in [9.17, 15) is 31.5 Å². The minimum atomic E-state index is -5.08. The Bertz CT molecular complexity index is 914. The Morgan fingerprint density at radius 1 is 1.25 bits per heavy atom. The van der Waals surface area contributed by atoms with Crippen LogP contribution in [0, 0.1) is 18.6 Å². The molecule has 0 unspecified atom stereocenters. The van der Waals surface area contributed by atoms with Gasteiger partial charge in [-0.15, -0.1) is 0 Å². The van der Waals surface area contributed by atoms with Crippen molar-refractivity contribution in [1.29, 1.82) is 0 Å². The molecule has 0 aliphatic heterocycles. The predicted octanol–water partition coefficient (Wildman–Crippen LogP) is 1.36. The molecule has 0 saturated carbocycles. The fraction of sp³-hybridized carbons (Fsp3) is 0.267. The Morgan fingerprint density at radius 3 is 2.36 bits per heavy atom. The van der Waals surface area contributed by atoms with Gasteiger partial charge < -0.3 is 15.4 Å². The Morgan fingerprint density at radius 2 is 1.86 bits per heavy atom. The van der Waals surface area contributed by atoms with Crippen molar-refractivity contribution in [1.82, 2.24) is 20.3 Å². The van der Waals surface area contributed by atoms with E-state index in [-0.39, 0.29) is 18.5 Å². The summed E-state index contributed by atoms with van der Waals surface area (Å²) in [4.78, 5) is 41.8. The van der Waals surface area contributed by atoms with Crippen LogP contribution in [-0.4, -0.2) is 44.7 Å². The molecule has 2 heterocycles. The van der Waals surface area contributed by atoms with Gasteiger partial charge in [-0.25, -0.2) is 23.5 Å². The van der Waals surface area contributed by atoms with Crippen LogP contribution in [-0.2, 0) is 11.2 Å². The predicted molar refractivity (Wildman–Crippen MR) is 83.5 cm³/mol. The number of amides is 1. The number of carboxylic acids is 1. The summed E-state index contributed by atoms with van der Waals surface area (Å²) in [6.45, 7) is 1.80. The average molecular weight is 408 g/mol. The first kappa shape index (κ1) is 22.7. The molecule has 0 aliphatic rings. The normalized spacial score (nSPS) is 10.6. The summed E-state index contributed by atoms with van der Waals surface area (Å²) in [6, 6.07) is 1.93. The highest BCUT2D eigenvalue weighted by molar-refractivity contribution is 5.92. The van der Waals surface area contributed by atoms with E-state index < -0.39 is 35.4 Å². The number of alkyl halides is 3. The number of hydrogen-bond acceptors (Lipinski definition) is 5. The minimum Gasteiger partial charge on any atom is -0.475 e. The van der Waals surface area contributed by atoms with Gasteiger partial charge in [0, 0.05) is 30.8 Å². The van der Waals surface area contributed by atoms with E-state index in [1.165, 1.54) is 6.07 Å². The second kappa shape index (κ2) is 9.53. The van der Waals surface area contributed by atoms with Crippen LogP contribution >= 0.6 is 0 Å². The van der Waals surface area contributed by atoms with Crippen LogP contribution in [0.15, 0.2) is 23.1 Å². The number of halogens is 5. The number of carbonyl (C=O) groups is 2. The average Bonchev–Trinajstić information content (AvgIpc) is 2.53. The van der Waals surface area contributed by atoms with Crippen molar-refractivity contribution >= 4 is 11.9 Å². The van der Waals surface area contributed by atoms with E-state index >= 15 is 0 Å². The number of nitrogens with one attached hydrogen (secondary N) is 2. The number of nitrogens with zero attached hydrogens (tertiary/aromatic N) is 2. The Kier molecular flexibility index (Phi) is 7.71. The highest BCUT2D eigenvalue weighted by Crippen LogP contribution is 2.13. The lowest BCUT2D eigenvalue weighted by molar-refractivity contribution is -0.192. The molecule has 0 bridgehead atoms. The van der Waals surface area contributed by atoms with Crippen LogP contribution in [0.2, 0.25) is 0 Å². The van der Waals surface area contributed by atoms with Gasteiger partial charge in [-0.3, -0.25) is 9.59 Å². The molecule has 0 saturated heterocycles. The third-order valence-corrected chi connectivity index (χ3v) is 2.83. The smallest absolute Gasteiger partial charge is 0.475 e. The molecule has 2 aromatic heterocycles. The zero-order valence-electron chi connectivity index (χ0n) is 14.1. The van der Waals surface area contributed by atoms with Crippen LogP contribution < -0.4 is 10.9 Å². The quantitative estimate of drug-likeness (QED) is 0.656. The number of aromatic nitrogens is 3. The van der Waals surface area contributed by atoms with Crippen molar-refractivity contribution < 1.29 is 36.6 Å². The molecule has 0 aliphatic carbocycles. The Hall–Kier alpha value is -3.38. The third-order valence-electron chi connectivity index (χ3n) is 2.83. The van der Waals surface area contributed by atoms with Crippen LogP contribution in [0.4, 0.5) is 22.0 Å². The number of aromatic amines is 1. The van der Waals surface area contributed by atoms with E-state index in [1.54, 1.807) is 6.92 Å². The van der Waals surface area contributed by atoms with Gasteiger partial charge >= 0.3 is 12.1 Å². The molecule has 0 atom stereocenters. The first-order valence-electron chi connectivity index (χ1n) is 7.36. The van der Waals surface area contributed by atoms with Crippen molar-refractivity contribution in [3.05, 3.63) is 57.5 Å². The van der Waals surface area contributed by atoms with Crippen molar-refractivity contribution in [2.75, 3.05) is 6.54 Å². The second-order valence-corrected chi connectivity index (χ2v) is 5.13. The summed E-state index contributed by atoms with van der Waals surface area (Å²) >= 11 is 0. The summed E-state index contributed by atoms with van der Waals surface area (Å²) < 4.78 is 57.8. The molecule has 13 heteroatoms. The molecule has 0 fully saturated rings. The van der Waals surface area contributed by atoms with Crippen molar-refractivity contribution in [2.24, 2.45) is 0 Å². The molecule has 28 heavy (non-hydrogen) atoms. The van der Waals surface area contributed by atoms with Crippen molar-refractivity contribution in [3.8, 4) is 0 Å². The summed E-state index contributed by atoms with van der Waals surface area (Å²) in [5.74, 6) is -5.00. The second-order valence-electron chi connectivity index (χ2n) is 5.13. The fourth-order valence-corrected chi connectivity index (χ4v) is 1.72. The van der Waals surface area contributed by atoms with Gasteiger partial charge in [0.25, 0.3) is 11.5 Å². The van der Waals surface area contributed by atoms with Gasteiger partial charge in [0.05, 0.1) is 6.20 Å². The number of carbonyl (C=O) groups excluding carboxylic acids is 1. The van der Waals surface area contributed by atoms with E-state index in [1.807, 2.05) is 0 Å². The molecule has 2 aromatic rings. The van der Waals surface area contributed by atoms with Crippen LogP contribution in [0.3, 0.4) is 0 Å². The molecule has 3 N–H and O–H groups in total. The van der Waals surface area contributed by atoms with Crippen LogP contribution in [0.5, 0.6) is 0 Å². The molecular formula is C15H13F5N4O4. The van der Waals surface area contributed by atoms with Gasteiger partial charge in [-0.1, -0.05) is 0 Å². The molecule has 152 valence electrons. The van der Waals surface area contributed by atoms with Gasteiger partial charge in [-0.2, -0.15) is 13.2 Å². The molecule has 0 radical (unpaired) electrons. The lowest BCUT2D eigenvalue weighted by Crippen LogP contribution is -2.28. The minimum absolute atomic E-state index is 0.129. The lowest BCUT2D eigenvalue weighted by Gasteiger charge is -2.05. The number of rotatable bonds is 4. The lowest BCUT2D eigenvalue weighted by atomic mass is 10.3. The topological polar surface area (TPSA) is 125 Å². The number of aryl methyl sites for hydroxylation is 1. The molecular weight excluding hydrogens is 395 g/mol. The fourth-order valence-electron chi connectivity index (χ4n) is 1.72. The first-order chi connectivity index (χ1) is 12.9. The highest BCUT2D eigenvalue weighted by Gasteiger charge is 2.38. The van der Waals surface area contributed by atoms with E-state index in [0.717, 1.165) is 6.20 Å². The summed E-state index contributed by atoms with van der Waals surface area (Å²) in [7, 11) is 0. The summed E-state index contributed by atoms with van der Waals surface area (Å²) in [5.41, 5.74) is -0.205. The Labute approximate surface area is 153 Å². The number of pyridine rings is 1. The molecule has 0 aromatic carbocycles. The van der Waals surface area contributed by atoms with E-state index in [2.05, 4.69) is 20.3 Å². The van der Waals surface area contributed by atoms with E-state index in [0.29, 0.717) is 17.6 Å². The maximum Gasteiger partial charge on any atom is 0.490 e. The SMILES string of the molecule is Cc1cc(=O)[nH]c(CCNC(=O)c2ncc(F)cc2F)n1.O=C(O)C(F)(F)F. The van der Waals surface area contributed by atoms with Crippen molar-refractivity contribution in [2.45, 2.75) is 19.5 Å². The third kappa shape index (κ3) is 7.47. The van der Waals surface area contributed by atoms with Crippen LogP contribution in [0.1, 0.15) is 22.0 Å².